The van der Waals surface area contributed by atoms with Crippen molar-refractivity contribution in [1.82, 2.24) is 5.32 Å². The number of piperazine rings is 1. The molecule has 0 atom stereocenters. The number of hydrogen-bond donors (Lipinski definition) is 1. The van der Waals surface area contributed by atoms with Crippen molar-refractivity contribution in [3.63, 3.8) is 0 Å². The summed E-state index contributed by atoms with van der Waals surface area (Å²) in [6.07, 6.45) is 4.74. The van der Waals surface area contributed by atoms with E-state index in [1.165, 1.54) is 31.0 Å². The van der Waals surface area contributed by atoms with Gasteiger partial charge in [-0.2, -0.15) is 0 Å². The molecule has 1 heterocycles. The Labute approximate surface area is 106 Å². The Morgan fingerprint density at radius 1 is 1.17 bits per heavy atom. The van der Waals surface area contributed by atoms with E-state index in [1.807, 2.05) is 4.90 Å². The van der Waals surface area contributed by atoms with Crippen LogP contribution < -0.4 is 10.2 Å². The lowest BCUT2D eigenvalue weighted by Crippen LogP contribution is -2.59. The first-order chi connectivity index (χ1) is 8.69. The van der Waals surface area contributed by atoms with Crippen LogP contribution in [-0.4, -0.2) is 25.2 Å². The van der Waals surface area contributed by atoms with E-state index in [1.54, 1.807) is 0 Å². The van der Waals surface area contributed by atoms with Gasteiger partial charge in [0.2, 0.25) is 0 Å². The van der Waals surface area contributed by atoms with Crippen molar-refractivity contribution in [2.24, 2.45) is 0 Å². The molecule has 18 heavy (non-hydrogen) atoms. The Morgan fingerprint density at radius 3 is 2.72 bits per heavy atom. The molecule has 0 unspecified atom stereocenters. The zero-order valence-corrected chi connectivity index (χ0v) is 10.4. The number of benzene rings is 1. The van der Waals surface area contributed by atoms with E-state index < -0.39 is 0 Å². The fourth-order valence-corrected chi connectivity index (χ4v) is 3.28. The first kappa shape index (κ1) is 11.9. The molecule has 1 aliphatic heterocycles. The largest absolute Gasteiger partial charge is 0.366 e. The van der Waals surface area contributed by atoms with E-state index in [0.717, 1.165) is 32.5 Å². The molecule has 1 aromatic rings. The molecule has 0 bridgehead atoms. The van der Waals surface area contributed by atoms with Gasteiger partial charge in [-0.3, -0.25) is 0 Å². The standard InChI is InChI=1S/C14H18F2N2/c15-11-3-4-12(16)13(9-11)18-8-7-17-14(10-18)5-1-2-6-14/h3-4,9,17H,1-2,5-8,10H2. The van der Waals surface area contributed by atoms with Crippen LogP contribution in [0.2, 0.25) is 0 Å². The van der Waals surface area contributed by atoms with Crippen molar-refractivity contribution in [1.29, 1.82) is 0 Å². The molecular weight excluding hydrogens is 234 g/mol. The van der Waals surface area contributed by atoms with Gasteiger partial charge < -0.3 is 10.2 Å². The van der Waals surface area contributed by atoms with E-state index in [9.17, 15) is 8.78 Å². The molecular formula is C14H18F2N2. The SMILES string of the molecule is Fc1ccc(F)c(N2CCNC3(CCCC3)C2)c1. The van der Waals surface area contributed by atoms with E-state index in [4.69, 9.17) is 0 Å². The molecule has 3 rings (SSSR count). The minimum absolute atomic E-state index is 0.122. The Bertz CT molecular complexity index is 441. The summed E-state index contributed by atoms with van der Waals surface area (Å²) in [4.78, 5) is 1.99. The zero-order chi connectivity index (χ0) is 12.6. The number of rotatable bonds is 1. The molecule has 0 radical (unpaired) electrons. The molecule has 1 aromatic carbocycles. The Kier molecular flexibility index (Phi) is 2.98. The van der Waals surface area contributed by atoms with Crippen LogP contribution in [0.4, 0.5) is 14.5 Å². The van der Waals surface area contributed by atoms with Gasteiger partial charge in [0.05, 0.1) is 5.69 Å². The third kappa shape index (κ3) is 2.09. The number of anilines is 1. The first-order valence-electron chi connectivity index (χ1n) is 6.64. The third-order valence-corrected chi connectivity index (χ3v) is 4.18. The first-order valence-corrected chi connectivity index (χ1v) is 6.64. The summed E-state index contributed by atoms with van der Waals surface area (Å²) in [6, 6.07) is 3.70. The molecule has 1 N–H and O–H groups in total. The fraction of sp³-hybridized carbons (Fsp3) is 0.571. The minimum atomic E-state index is -0.370. The summed E-state index contributed by atoms with van der Waals surface area (Å²) in [5.41, 5.74) is 0.527. The van der Waals surface area contributed by atoms with E-state index in [-0.39, 0.29) is 17.2 Å². The topological polar surface area (TPSA) is 15.3 Å². The second kappa shape index (κ2) is 4.50. The predicted octanol–water partition coefficient (Wildman–Crippen LogP) is 2.69. The van der Waals surface area contributed by atoms with Crippen molar-refractivity contribution >= 4 is 5.69 Å². The van der Waals surface area contributed by atoms with Crippen LogP contribution in [0.1, 0.15) is 25.7 Å². The van der Waals surface area contributed by atoms with Crippen LogP contribution in [0.5, 0.6) is 0 Å². The molecule has 4 heteroatoms. The van der Waals surface area contributed by atoms with Gasteiger partial charge in [0, 0.05) is 31.2 Å². The van der Waals surface area contributed by atoms with Gasteiger partial charge in [-0.25, -0.2) is 8.78 Å². The highest BCUT2D eigenvalue weighted by molar-refractivity contribution is 5.49. The fourth-order valence-electron chi connectivity index (χ4n) is 3.28. The molecule has 1 aliphatic carbocycles. The molecule has 0 aromatic heterocycles. The minimum Gasteiger partial charge on any atom is -0.366 e. The average Bonchev–Trinajstić information content (AvgIpc) is 2.80. The molecule has 2 nitrogen and oxygen atoms in total. The van der Waals surface area contributed by atoms with Gasteiger partial charge in [0.1, 0.15) is 11.6 Å². The van der Waals surface area contributed by atoms with Crippen molar-refractivity contribution in [2.75, 3.05) is 24.5 Å². The van der Waals surface area contributed by atoms with Gasteiger partial charge in [-0.1, -0.05) is 12.8 Å². The highest BCUT2D eigenvalue weighted by Crippen LogP contribution is 2.34. The normalized spacial score (nSPS) is 22.7. The smallest absolute Gasteiger partial charge is 0.146 e. The lowest BCUT2D eigenvalue weighted by molar-refractivity contribution is 0.302. The highest BCUT2D eigenvalue weighted by Gasteiger charge is 2.38. The van der Waals surface area contributed by atoms with Crippen molar-refractivity contribution in [2.45, 2.75) is 31.2 Å². The van der Waals surface area contributed by atoms with E-state index >= 15 is 0 Å². The summed E-state index contributed by atoms with van der Waals surface area (Å²) in [5, 5.41) is 3.57. The van der Waals surface area contributed by atoms with Crippen molar-refractivity contribution in [3.05, 3.63) is 29.8 Å². The maximum Gasteiger partial charge on any atom is 0.146 e. The van der Waals surface area contributed by atoms with Gasteiger partial charge in [-0.05, 0) is 25.0 Å². The van der Waals surface area contributed by atoms with Crippen molar-refractivity contribution < 1.29 is 8.78 Å². The van der Waals surface area contributed by atoms with Gasteiger partial charge >= 0.3 is 0 Å². The third-order valence-electron chi connectivity index (χ3n) is 4.18. The Morgan fingerprint density at radius 2 is 1.94 bits per heavy atom. The second-order valence-corrected chi connectivity index (χ2v) is 5.43. The van der Waals surface area contributed by atoms with E-state index in [2.05, 4.69) is 5.32 Å². The maximum absolute atomic E-state index is 13.8. The van der Waals surface area contributed by atoms with Crippen LogP contribution in [0, 0.1) is 11.6 Å². The van der Waals surface area contributed by atoms with Gasteiger partial charge in [0.25, 0.3) is 0 Å². The molecule has 0 amide bonds. The number of nitrogens with one attached hydrogen (secondary N) is 1. The second-order valence-electron chi connectivity index (χ2n) is 5.43. The molecule has 1 spiro atoms. The average molecular weight is 252 g/mol. The van der Waals surface area contributed by atoms with Crippen LogP contribution in [-0.2, 0) is 0 Å². The van der Waals surface area contributed by atoms with Gasteiger partial charge in [0.15, 0.2) is 0 Å². The quantitative estimate of drug-likeness (QED) is 0.826. The Balaban J connectivity index is 1.85. The molecule has 1 saturated carbocycles. The van der Waals surface area contributed by atoms with Crippen LogP contribution >= 0.6 is 0 Å². The molecule has 98 valence electrons. The highest BCUT2D eigenvalue weighted by atomic mass is 19.1. The number of nitrogens with zero attached hydrogens (tertiary/aromatic N) is 1. The molecule has 1 saturated heterocycles. The van der Waals surface area contributed by atoms with Crippen LogP contribution in [0.25, 0.3) is 0 Å². The monoisotopic (exact) mass is 252 g/mol. The lowest BCUT2D eigenvalue weighted by Gasteiger charge is -2.42. The molecule has 2 fully saturated rings. The maximum atomic E-state index is 13.8. The van der Waals surface area contributed by atoms with Crippen LogP contribution in [0.3, 0.4) is 0 Å². The van der Waals surface area contributed by atoms with E-state index in [0.29, 0.717) is 5.69 Å². The molecule has 2 aliphatic rings. The number of hydrogen-bond acceptors (Lipinski definition) is 2. The van der Waals surface area contributed by atoms with Gasteiger partial charge in [-0.15, -0.1) is 0 Å². The summed E-state index contributed by atoms with van der Waals surface area (Å²) in [7, 11) is 0. The summed E-state index contributed by atoms with van der Waals surface area (Å²) < 4.78 is 27.1. The summed E-state index contributed by atoms with van der Waals surface area (Å²) in [5.74, 6) is -0.697. The van der Waals surface area contributed by atoms with Crippen LogP contribution in [0.15, 0.2) is 18.2 Å². The van der Waals surface area contributed by atoms with Crippen molar-refractivity contribution in [3.8, 4) is 0 Å². The summed E-state index contributed by atoms with van der Waals surface area (Å²) >= 11 is 0. The zero-order valence-electron chi connectivity index (χ0n) is 10.4. The summed E-state index contributed by atoms with van der Waals surface area (Å²) in [6.45, 7) is 2.37. The predicted molar refractivity (Wildman–Crippen MR) is 67.8 cm³/mol. The lowest BCUT2D eigenvalue weighted by atomic mass is 9.94. The Hall–Kier alpha value is -1.16. The number of halogens is 2.